The van der Waals surface area contributed by atoms with Gasteiger partial charge in [-0.25, -0.2) is 0 Å². The molecule has 0 aliphatic carbocycles. The fourth-order valence-electron chi connectivity index (χ4n) is 1.39. The highest BCUT2D eigenvalue weighted by molar-refractivity contribution is 5.67. The minimum Gasteiger partial charge on any atom is -0.393 e. The molecule has 0 atom stereocenters. The molecule has 1 heterocycles. The molecule has 1 aromatic heterocycles. The summed E-state index contributed by atoms with van der Waals surface area (Å²) >= 11 is 0. The van der Waals surface area contributed by atoms with Gasteiger partial charge in [-0.3, -0.25) is 10.1 Å². The van der Waals surface area contributed by atoms with Gasteiger partial charge in [-0.05, 0) is 12.1 Å². The number of nitrogens with two attached hydrogens (primary N) is 1. The largest absolute Gasteiger partial charge is 0.393 e. The lowest BCUT2D eigenvalue weighted by atomic mass is 10.2. The quantitative estimate of drug-likeness (QED) is 0.494. The van der Waals surface area contributed by atoms with Crippen LogP contribution in [0.15, 0.2) is 22.7 Å². The molecule has 0 spiro atoms. The van der Waals surface area contributed by atoms with Gasteiger partial charge in [-0.15, -0.1) is 0 Å². The van der Waals surface area contributed by atoms with E-state index in [1.807, 2.05) is 0 Å². The lowest BCUT2D eigenvalue weighted by Crippen LogP contribution is -1.95. The van der Waals surface area contributed by atoms with Gasteiger partial charge >= 0.3 is 0 Å². The zero-order chi connectivity index (χ0) is 13.1. The zero-order valence-corrected chi connectivity index (χ0v) is 9.49. The summed E-state index contributed by atoms with van der Waals surface area (Å²) in [7, 11) is 1.50. The molecule has 8 heteroatoms. The van der Waals surface area contributed by atoms with Crippen molar-refractivity contribution in [3.63, 3.8) is 0 Å². The second kappa shape index (κ2) is 4.80. The highest BCUT2D eigenvalue weighted by Crippen LogP contribution is 2.27. The molecule has 1 aromatic carbocycles. The molecule has 0 amide bonds. The summed E-state index contributed by atoms with van der Waals surface area (Å²) in [4.78, 5) is 14.2. The average Bonchev–Trinajstić information content (AvgIpc) is 2.78. The van der Waals surface area contributed by atoms with Crippen molar-refractivity contribution in [2.75, 3.05) is 12.8 Å². The van der Waals surface area contributed by atoms with Crippen LogP contribution in [-0.4, -0.2) is 22.2 Å². The van der Waals surface area contributed by atoms with Crippen LogP contribution in [0.4, 0.5) is 11.4 Å². The topological polar surface area (TPSA) is 117 Å². The van der Waals surface area contributed by atoms with Crippen LogP contribution in [0.5, 0.6) is 0 Å². The number of benzene rings is 1. The predicted molar refractivity (Wildman–Crippen MR) is 61.5 cm³/mol. The number of anilines is 1. The van der Waals surface area contributed by atoms with Gasteiger partial charge in [0.15, 0.2) is 5.82 Å². The van der Waals surface area contributed by atoms with Gasteiger partial charge in [0.1, 0.15) is 12.3 Å². The number of hydrogen-bond donors (Lipinski definition) is 1. The van der Waals surface area contributed by atoms with Gasteiger partial charge in [-0.1, -0.05) is 5.16 Å². The first-order chi connectivity index (χ1) is 8.61. The average molecular weight is 250 g/mol. The molecule has 8 nitrogen and oxygen atoms in total. The molecule has 0 saturated heterocycles. The molecular formula is C10H10N4O4. The van der Waals surface area contributed by atoms with E-state index in [1.54, 1.807) is 6.07 Å². The maximum Gasteiger partial charge on any atom is 0.292 e. The van der Waals surface area contributed by atoms with Crippen molar-refractivity contribution in [2.24, 2.45) is 0 Å². The Balaban J connectivity index is 2.38. The molecule has 0 bridgehead atoms. The molecule has 0 saturated carbocycles. The predicted octanol–water partition coefficient (Wildman–Crippen LogP) is 1.37. The third kappa shape index (κ3) is 2.28. The minimum absolute atomic E-state index is 0.0837. The maximum absolute atomic E-state index is 10.8. The van der Waals surface area contributed by atoms with Gasteiger partial charge < -0.3 is 15.0 Å². The Hall–Kier alpha value is -2.48. The maximum atomic E-state index is 10.8. The highest BCUT2D eigenvalue weighted by Gasteiger charge is 2.16. The van der Waals surface area contributed by atoms with Crippen molar-refractivity contribution in [3.8, 4) is 11.5 Å². The first-order valence-electron chi connectivity index (χ1n) is 4.97. The van der Waals surface area contributed by atoms with Crippen LogP contribution in [-0.2, 0) is 11.3 Å². The van der Waals surface area contributed by atoms with Crippen LogP contribution in [0.3, 0.4) is 0 Å². The van der Waals surface area contributed by atoms with Crippen LogP contribution in [0.2, 0.25) is 0 Å². The summed E-state index contributed by atoms with van der Waals surface area (Å²) in [6.45, 7) is 0.209. The minimum atomic E-state index is -0.564. The Morgan fingerprint density at radius 2 is 2.33 bits per heavy atom. The number of nitro benzene ring substituents is 1. The van der Waals surface area contributed by atoms with E-state index in [1.165, 1.54) is 19.2 Å². The molecule has 0 aliphatic rings. The number of nitrogen functional groups attached to an aromatic ring is 1. The van der Waals surface area contributed by atoms with Crippen molar-refractivity contribution in [3.05, 3.63) is 34.1 Å². The second-order valence-electron chi connectivity index (χ2n) is 3.48. The highest BCUT2D eigenvalue weighted by atomic mass is 16.6. The normalized spacial score (nSPS) is 10.5. The third-order valence-corrected chi connectivity index (χ3v) is 2.22. The second-order valence-corrected chi connectivity index (χ2v) is 3.48. The van der Waals surface area contributed by atoms with E-state index in [2.05, 4.69) is 10.1 Å². The standard InChI is InChI=1S/C10H10N4O4/c1-17-5-9-12-10(18-13-9)6-2-3-7(11)8(4-6)14(15)16/h2-4H,5,11H2,1H3. The van der Waals surface area contributed by atoms with Gasteiger partial charge in [0.2, 0.25) is 0 Å². The third-order valence-electron chi connectivity index (χ3n) is 2.22. The van der Waals surface area contributed by atoms with Crippen molar-refractivity contribution in [1.29, 1.82) is 0 Å². The van der Waals surface area contributed by atoms with Crippen molar-refractivity contribution in [2.45, 2.75) is 6.61 Å². The molecule has 2 N–H and O–H groups in total. The van der Waals surface area contributed by atoms with E-state index >= 15 is 0 Å². The van der Waals surface area contributed by atoms with Gasteiger partial charge in [0, 0.05) is 18.7 Å². The number of aromatic nitrogens is 2. The Kier molecular flexibility index (Phi) is 3.20. The Morgan fingerprint density at radius 1 is 1.56 bits per heavy atom. The molecule has 0 fully saturated rings. The van der Waals surface area contributed by atoms with Crippen molar-refractivity contribution < 1.29 is 14.2 Å². The van der Waals surface area contributed by atoms with Crippen molar-refractivity contribution in [1.82, 2.24) is 10.1 Å². The van der Waals surface area contributed by atoms with Gasteiger partial charge in [0.25, 0.3) is 11.6 Å². The number of nitrogens with zero attached hydrogens (tertiary/aromatic N) is 3. The zero-order valence-electron chi connectivity index (χ0n) is 9.49. The number of rotatable bonds is 4. The van der Waals surface area contributed by atoms with E-state index in [0.717, 1.165) is 0 Å². The molecule has 94 valence electrons. The lowest BCUT2D eigenvalue weighted by molar-refractivity contribution is -0.383. The molecule has 18 heavy (non-hydrogen) atoms. The number of ether oxygens (including phenoxy) is 1. The van der Waals surface area contributed by atoms with Crippen LogP contribution in [0.25, 0.3) is 11.5 Å². The van der Waals surface area contributed by atoms with Crippen LogP contribution in [0, 0.1) is 10.1 Å². The summed E-state index contributed by atoms with van der Waals surface area (Å²) in [6.07, 6.45) is 0. The molecule has 0 unspecified atom stereocenters. The van der Waals surface area contributed by atoms with E-state index in [-0.39, 0.29) is 23.9 Å². The smallest absolute Gasteiger partial charge is 0.292 e. The first kappa shape index (κ1) is 12.0. The SMILES string of the molecule is COCc1noc(-c2ccc(N)c([N+](=O)[O-])c2)n1. The molecule has 2 rings (SSSR count). The fraction of sp³-hybridized carbons (Fsp3) is 0.200. The Bertz CT molecular complexity index is 581. The van der Waals surface area contributed by atoms with Crippen LogP contribution >= 0.6 is 0 Å². The molecule has 0 radical (unpaired) electrons. The monoisotopic (exact) mass is 250 g/mol. The Morgan fingerprint density at radius 3 is 3.00 bits per heavy atom. The summed E-state index contributed by atoms with van der Waals surface area (Å²) in [5, 5.41) is 14.4. The summed E-state index contributed by atoms with van der Waals surface area (Å²) in [6, 6.07) is 4.29. The first-order valence-corrected chi connectivity index (χ1v) is 4.97. The van der Waals surface area contributed by atoms with E-state index in [4.69, 9.17) is 15.0 Å². The van der Waals surface area contributed by atoms with Crippen molar-refractivity contribution >= 4 is 11.4 Å². The number of methoxy groups -OCH3 is 1. The van der Waals surface area contributed by atoms with Crippen LogP contribution in [0.1, 0.15) is 5.82 Å². The summed E-state index contributed by atoms with van der Waals surface area (Å²) in [5.74, 6) is 0.553. The number of nitro groups is 1. The van der Waals surface area contributed by atoms with Crippen LogP contribution < -0.4 is 5.73 Å². The molecule has 0 aliphatic heterocycles. The van der Waals surface area contributed by atoms with Gasteiger partial charge in [0.05, 0.1) is 4.92 Å². The van der Waals surface area contributed by atoms with Gasteiger partial charge in [-0.2, -0.15) is 4.98 Å². The number of hydrogen-bond acceptors (Lipinski definition) is 7. The fourth-order valence-corrected chi connectivity index (χ4v) is 1.39. The molecule has 2 aromatic rings. The van der Waals surface area contributed by atoms with E-state index in [0.29, 0.717) is 11.4 Å². The van der Waals surface area contributed by atoms with E-state index < -0.39 is 4.92 Å². The van der Waals surface area contributed by atoms with E-state index in [9.17, 15) is 10.1 Å². The lowest BCUT2D eigenvalue weighted by Gasteiger charge is -1.98. The molecular weight excluding hydrogens is 240 g/mol. The Labute approximate surface area is 102 Å². The summed E-state index contributed by atoms with van der Waals surface area (Å²) < 4.78 is 9.82. The summed E-state index contributed by atoms with van der Waals surface area (Å²) in [5.41, 5.74) is 5.82.